The van der Waals surface area contributed by atoms with Crippen molar-refractivity contribution >= 4 is 12.1 Å². The highest BCUT2D eigenvalue weighted by molar-refractivity contribution is 5.80. The number of hydrogen-bond donors (Lipinski definition) is 1. The number of nitrogens with one attached hydrogen (secondary N) is 1. The summed E-state index contributed by atoms with van der Waals surface area (Å²) >= 11 is 0. The number of likely N-dealkylation sites (tertiary alicyclic amines) is 1. The molecule has 1 saturated heterocycles. The van der Waals surface area contributed by atoms with Crippen molar-refractivity contribution in [3.8, 4) is 17.0 Å². The van der Waals surface area contributed by atoms with Crippen molar-refractivity contribution in [2.24, 2.45) is 0 Å². The first kappa shape index (κ1) is 20.2. The van der Waals surface area contributed by atoms with Gasteiger partial charge in [0.2, 0.25) is 0 Å². The van der Waals surface area contributed by atoms with E-state index in [-0.39, 0.29) is 6.79 Å². The molecule has 28 heavy (non-hydrogen) atoms. The van der Waals surface area contributed by atoms with Gasteiger partial charge in [0.15, 0.2) is 6.79 Å². The third-order valence-corrected chi connectivity index (χ3v) is 4.86. The number of hydrogen-bond acceptors (Lipinski definition) is 7. The second-order valence-electron chi connectivity index (χ2n) is 7.14. The summed E-state index contributed by atoms with van der Waals surface area (Å²) in [6, 6.07) is 7.69. The van der Waals surface area contributed by atoms with Crippen LogP contribution < -0.4 is 10.1 Å². The molecular formula is C21H28N4O3. The number of rotatable bonds is 8. The number of ether oxygens (including phenoxy) is 2. The summed E-state index contributed by atoms with van der Waals surface area (Å²) in [7, 11) is 2.14. The first-order chi connectivity index (χ1) is 13.6. The van der Waals surface area contributed by atoms with Crippen LogP contribution in [-0.4, -0.2) is 61.0 Å². The van der Waals surface area contributed by atoms with Gasteiger partial charge in [-0.15, -0.1) is 10.2 Å². The Morgan fingerprint density at radius 1 is 1.32 bits per heavy atom. The number of aromatic nitrogens is 2. The van der Waals surface area contributed by atoms with E-state index < -0.39 is 0 Å². The van der Waals surface area contributed by atoms with E-state index in [1.54, 1.807) is 12.1 Å². The minimum atomic E-state index is 0.118. The van der Waals surface area contributed by atoms with Gasteiger partial charge >= 0.3 is 0 Å². The Morgan fingerprint density at radius 2 is 2.18 bits per heavy atom. The summed E-state index contributed by atoms with van der Waals surface area (Å²) in [4.78, 5) is 13.5. The van der Waals surface area contributed by atoms with Crippen LogP contribution in [-0.2, 0) is 4.74 Å². The van der Waals surface area contributed by atoms with Gasteiger partial charge in [0.25, 0.3) is 0 Å². The van der Waals surface area contributed by atoms with Crippen LogP contribution >= 0.6 is 0 Å². The quantitative estimate of drug-likeness (QED) is 0.426. The zero-order valence-electron chi connectivity index (χ0n) is 16.8. The fourth-order valence-electron chi connectivity index (χ4n) is 3.43. The summed E-state index contributed by atoms with van der Waals surface area (Å²) in [6.45, 7) is 6.72. The predicted molar refractivity (Wildman–Crippen MR) is 109 cm³/mol. The molecule has 1 aromatic heterocycles. The van der Waals surface area contributed by atoms with E-state index in [4.69, 9.17) is 9.47 Å². The normalized spacial score (nSPS) is 17.3. The van der Waals surface area contributed by atoms with Gasteiger partial charge in [-0.2, -0.15) is 0 Å². The van der Waals surface area contributed by atoms with Gasteiger partial charge in [-0.25, -0.2) is 0 Å². The summed E-state index contributed by atoms with van der Waals surface area (Å²) in [5, 5.41) is 12.3. The molecule has 1 atom stereocenters. The second-order valence-corrected chi connectivity index (χ2v) is 7.14. The van der Waals surface area contributed by atoms with Gasteiger partial charge in [-0.05, 0) is 64.0 Å². The molecule has 0 radical (unpaired) electrons. The number of carbonyl (C=O) groups excluding carboxylic acids is 1. The summed E-state index contributed by atoms with van der Waals surface area (Å²) in [5.41, 5.74) is 3.05. The maximum Gasteiger partial charge on any atom is 0.189 e. The molecule has 0 saturated carbocycles. The molecule has 1 aromatic carbocycles. The van der Waals surface area contributed by atoms with Crippen LogP contribution in [0.5, 0.6) is 5.75 Å². The summed E-state index contributed by atoms with van der Waals surface area (Å²) in [6.07, 6.45) is 3.11. The molecule has 3 rings (SSSR count). The van der Waals surface area contributed by atoms with Crippen molar-refractivity contribution in [2.45, 2.75) is 32.7 Å². The van der Waals surface area contributed by atoms with Crippen LogP contribution in [0.15, 0.2) is 24.3 Å². The monoisotopic (exact) mass is 384 g/mol. The molecule has 1 unspecified atom stereocenters. The molecule has 1 fully saturated rings. The number of aryl methyl sites for hydroxylation is 1. The number of piperidine rings is 1. The molecule has 0 spiro atoms. The van der Waals surface area contributed by atoms with Crippen LogP contribution in [0, 0.1) is 6.92 Å². The van der Waals surface area contributed by atoms with E-state index in [0.717, 1.165) is 48.4 Å². The maximum atomic E-state index is 11.1. The lowest BCUT2D eigenvalue weighted by Crippen LogP contribution is -2.39. The van der Waals surface area contributed by atoms with E-state index >= 15 is 0 Å². The molecule has 1 aliphatic heterocycles. The Labute approximate surface area is 166 Å². The highest BCUT2D eigenvalue weighted by Gasteiger charge is 2.18. The van der Waals surface area contributed by atoms with Gasteiger partial charge < -0.3 is 19.7 Å². The Balaban J connectivity index is 1.82. The van der Waals surface area contributed by atoms with Crippen molar-refractivity contribution in [2.75, 3.05) is 38.9 Å². The number of carbonyl (C=O) groups is 1. The number of benzene rings is 1. The van der Waals surface area contributed by atoms with Gasteiger partial charge in [-0.1, -0.05) is 6.07 Å². The Hall–Kier alpha value is -2.51. The molecule has 1 N–H and O–H groups in total. The minimum Gasteiger partial charge on any atom is -0.467 e. The zero-order valence-corrected chi connectivity index (χ0v) is 16.8. The maximum absolute atomic E-state index is 11.1. The molecule has 7 heteroatoms. The SMILES string of the molecule is CCOCOc1cc(C=O)ccc1-c1nnc(NC2CCCN(C)C2)cc1C. The molecule has 0 amide bonds. The molecule has 2 heterocycles. The average Bonchev–Trinajstić information content (AvgIpc) is 2.68. The van der Waals surface area contributed by atoms with Crippen LogP contribution in [0.4, 0.5) is 5.82 Å². The van der Waals surface area contributed by atoms with E-state index in [1.807, 2.05) is 26.0 Å². The fourth-order valence-corrected chi connectivity index (χ4v) is 3.43. The van der Waals surface area contributed by atoms with Gasteiger partial charge in [0.1, 0.15) is 17.9 Å². The van der Waals surface area contributed by atoms with Crippen molar-refractivity contribution in [3.05, 3.63) is 35.4 Å². The number of likely N-dealkylation sites (N-methyl/N-ethyl adjacent to an activating group) is 1. The highest BCUT2D eigenvalue weighted by atomic mass is 16.7. The Bertz CT molecular complexity index is 812. The van der Waals surface area contributed by atoms with Crippen LogP contribution in [0.2, 0.25) is 0 Å². The van der Waals surface area contributed by atoms with Crippen molar-refractivity contribution in [1.82, 2.24) is 15.1 Å². The fraction of sp³-hybridized carbons (Fsp3) is 0.476. The first-order valence-electron chi connectivity index (χ1n) is 9.70. The smallest absolute Gasteiger partial charge is 0.189 e. The molecule has 0 aliphatic carbocycles. The summed E-state index contributed by atoms with van der Waals surface area (Å²) < 4.78 is 11.0. The Morgan fingerprint density at radius 3 is 2.89 bits per heavy atom. The molecule has 150 valence electrons. The lowest BCUT2D eigenvalue weighted by atomic mass is 10.0. The topological polar surface area (TPSA) is 76.6 Å². The summed E-state index contributed by atoms with van der Waals surface area (Å²) in [5.74, 6) is 1.34. The zero-order chi connectivity index (χ0) is 19.9. The number of nitrogens with zero attached hydrogens (tertiary/aromatic N) is 3. The highest BCUT2D eigenvalue weighted by Crippen LogP contribution is 2.32. The molecular weight excluding hydrogens is 356 g/mol. The van der Waals surface area contributed by atoms with Crippen LogP contribution in [0.25, 0.3) is 11.3 Å². The van der Waals surface area contributed by atoms with Crippen LogP contribution in [0.3, 0.4) is 0 Å². The van der Waals surface area contributed by atoms with E-state index in [9.17, 15) is 4.79 Å². The van der Waals surface area contributed by atoms with Crippen molar-refractivity contribution < 1.29 is 14.3 Å². The van der Waals surface area contributed by atoms with E-state index in [0.29, 0.717) is 24.0 Å². The van der Waals surface area contributed by atoms with Crippen molar-refractivity contribution in [1.29, 1.82) is 0 Å². The first-order valence-corrected chi connectivity index (χ1v) is 9.70. The largest absolute Gasteiger partial charge is 0.467 e. The number of anilines is 1. The van der Waals surface area contributed by atoms with Crippen LogP contribution in [0.1, 0.15) is 35.7 Å². The standard InChI is InChI=1S/C21H28N4O3/c1-4-27-14-28-19-11-16(13-26)7-8-18(19)21-15(2)10-20(23-24-21)22-17-6-5-9-25(3)12-17/h7-8,10-11,13,17H,4-6,9,12,14H2,1-3H3,(H,22,23). The second kappa shape index (κ2) is 9.61. The average molecular weight is 384 g/mol. The van der Waals surface area contributed by atoms with E-state index in [1.165, 1.54) is 6.42 Å². The van der Waals surface area contributed by atoms with Gasteiger partial charge in [0.05, 0.1) is 5.69 Å². The minimum absolute atomic E-state index is 0.118. The molecule has 2 aromatic rings. The lowest BCUT2D eigenvalue weighted by molar-refractivity contribution is 0.0227. The molecule has 1 aliphatic rings. The third kappa shape index (κ3) is 5.05. The van der Waals surface area contributed by atoms with E-state index in [2.05, 4.69) is 27.5 Å². The van der Waals surface area contributed by atoms with Gasteiger partial charge in [0, 0.05) is 30.3 Å². The predicted octanol–water partition coefficient (Wildman–Crippen LogP) is 3.14. The van der Waals surface area contributed by atoms with Crippen molar-refractivity contribution in [3.63, 3.8) is 0 Å². The lowest BCUT2D eigenvalue weighted by Gasteiger charge is -2.30. The third-order valence-electron chi connectivity index (χ3n) is 4.86. The Kier molecular flexibility index (Phi) is 6.95. The van der Waals surface area contributed by atoms with Gasteiger partial charge in [-0.3, -0.25) is 4.79 Å². The molecule has 7 nitrogen and oxygen atoms in total. The molecule has 0 bridgehead atoms. The number of aldehydes is 1.